The first kappa shape index (κ1) is 14.3. The van der Waals surface area contributed by atoms with Gasteiger partial charge in [0.1, 0.15) is 0 Å². The highest BCUT2D eigenvalue weighted by Gasteiger charge is 2.41. The average molecular weight is 274 g/mol. The van der Waals surface area contributed by atoms with Crippen LogP contribution in [0.3, 0.4) is 0 Å². The molecule has 2 N–H and O–H groups in total. The molecule has 2 saturated carbocycles. The van der Waals surface area contributed by atoms with Crippen LogP contribution < -0.4 is 10.0 Å². The summed E-state index contributed by atoms with van der Waals surface area (Å²) < 4.78 is 26.5. The number of nitrogens with one attached hydrogen (secondary N) is 2. The summed E-state index contributed by atoms with van der Waals surface area (Å²) in [7, 11) is -3.06. The van der Waals surface area contributed by atoms with E-state index >= 15 is 0 Å². The summed E-state index contributed by atoms with van der Waals surface area (Å²) in [5.74, 6) is 2.49. The molecule has 0 spiro atoms. The zero-order valence-corrected chi connectivity index (χ0v) is 12.1. The van der Waals surface area contributed by atoms with Crippen molar-refractivity contribution in [3.05, 3.63) is 0 Å². The molecule has 2 fully saturated rings. The topological polar surface area (TPSA) is 58.2 Å². The lowest BCUT2D eigenvalue weighted by atomic mass is 9.99. The van der Waals surface area contributed by atoms with E-state index in [0.717, 1.165) is 24.9 Å². The van der Waals surface area contributed by atoms with Crippen LogP contribution in [0.5, 0.6) is 0 Å². The summed E-state index contributed by atoms with van der Waals surface area (Å²) in [5.41, 5.74) is 0. The summed E-state index contributed by atoms with van der Waals surface area (Å²) in [4.78, 5) is 0. The van der Waals surface area contributed by atoms with Gasteiger partial charge in [-0.05, 0) is 62.9 Å². The van der Waals surface area contributed by atoms with Gasteiger partial charge < -0.3 is 5.32 Å². The van der Waals surface area contributed by atoms with Gasteiger partial charge >= 0.3 is 0 Å². The van der Waals surface area contributed by atoms with E-state index in [1.54, 1.807) is 0 Å². The lowest BCUT2D eigenvalue weighted by Gasteiger charge is -2.16. The van der Waals surface area contributed by atoms with Crippen LogP contribution in [0.4, 0.5) is 0 Å². The fraction of sp³-hybridized carbons (Fsp3) is 1.00. The van der Waals surface area contributed by atoms with Crippen molar-refractivity contribution in [2.75, 3.05) is 25.4 Å². The molecule has 4 nitrogen and oxygen atoms in total. The Bertz CT molecular complexity index is 336. The van der Waals surface area contributed by atoms with Crippen molar-refractivity contribution in [2.24, 2.45) is 17.8 Å². The van der Waals surface area contributed by atoms with E-state index in [2.05, 4.69) is 10.0 Å². The molecule has 0 radical (unpaired) electrons. The van der Waals surface area contributed by atoms with Crippen molar-refractivity contribution < 1.29 is 8.42 Å². The van der Waals surface area contributed by atoms with Crippen molar-refractivity contribution in [3.63, 3.8) is 0 Å². The third-order valence-electron chi connectivity index (χ3n) is 4.01. The average Bonchev–Trinajstić information content (AvgIpc) is 3.15. The Morgan fingerprint density at radius 3 is 2.28 bits per heavy atom. The molecule has 0 unspecified atom stereocenters. The Labute approximate surface area is 111 Å². The van der Waals surface area contributed by atoms with Crippen LogP contribution in [0.15, 0.2) is 0 Å². The Morgan fingerprint density at radius 2 is 1.78 bits per heavy atom. The second kappa shape index (κ2) is 6.35. The SMILES string of the molecule is CCNCCCS(=O)(=O)NCC(C1CC1)C1CC1. The highest BCUT2D eigenvalue weighted by atomic mass is 32.2. The second-order valence-corrected chi connectivity index (χ2v) is 7.64. The van der Waals surface area contributed by atoms with E-state index in [1.165, 1.54) is 25.7 Å². The summed E-state index contributed by atoms with van der Waals surface area (Å²) >= 11 is 0. The van der Waals surface area contributed by atoms with Gasteiger partial charge in [-0.3, -0.25) is 0 Å². The van der Waals surface area contributed by atoms with Gasteiger partial charge in [0.05, 0.1) is 5.75 Å². The van der Waals surface area contributed by atoms with Crippen LogP contribution in [-0.4, -0.2) is 33.8 Å². The van der Waals surface area contributed by atoms with Gasteiger partial charge in [-0.25, -0.2) is 13.1 Å². The monoisotopic (exact) mass is 274 g/mol. The molecule has 0 bridgehead atoms. The largest absolute Gasteiger partial charge is 0.317 e. The fourth-order valence-electron chi connectivity index (χ4n) is 2.63. The van der Waals surface area contributed by atoms with Gasteiger partial charge in [0, 0.05) is 6.54 Å². The number of rotatable bonds is 10. The van der Waals surface area contributed by atoms with E-state index in [1.807, 2.05) is 6.92 Å². The third kappa shape index (κ3) is 4.86. The maximum atomic E-state index is 11.8. The van der Waals surface area contributed by atoms with Crippen molar-refractivity contribution in [3.8, 4) is 0 Å². The molecule has 2 aliphatic rings. The Balaban J connectivity index is 1.66. The van der Waals surface area contributed by atoms with Crippen LogP contribution in [0.2, 0.25) is 0 Å². The molecule has 18 heavy (non-hydrogen) atoms. The molecule has 0 aromatic rings. The Hall–Kier alpha value is -0.130. The van der Waals surface area contributed by atoms with Gasteiger partial charge in [0.2, 0.25) is 10.0 Å². The van der Waals surface area contributed by atoms with Crippen molar-refractivity contribution in [1.29, 1.82) is 0 Å². The molecule has 0 heterocycles. The molecule has 0 atom stereocenters. The third-order valence-corrected chi connectivity index (χ3v) is 5.44. The number of hydrogen-bond acceptors (Lipinski definition) is 3. The van der Waals surface area contributed by atoms with Crippen molar-refractivity contribution >= 4 is 10.0 Å². The van der Waals surface area contributed by atoms with Crippen LogP contribution in [0.1, 0.15) is 39.0 Å². The molecular formula is C13H26N2O2S. The van der Waals surface area contributed by atoms with Crippen LogP contribution in [0.25, 0.3) is 0 Å². The van der Waals surface area contributed by atoms with Gasteiger partial charge in [0.25, 0.3) is 0 Å². The van der Waals surface area contributed by atoms with Crippen molar-refractivity contribution in [2.45, 2.75) is 39.0 Å². The number of sulfonamides is 1. The number of hydrogen-bond donors (Lipinski definition) is 2. The zero-order valence-electron chi connectivity index (χ0n) is 11.3. The summed E-state index contributed by atoms with van der Waals surface area (Å²) in [6, 6.07) is 0. The van der Waals surface area contributed by atoms with E-state index < -0.39 is 10.0 Å². The molecule has 106 valence electrons. The normalized spacial score (nSPS) is 20.6. The predicted octanol–water partition coefficient (Wildman–Crippen LogP) is 1.34. The molecule has 0 aromatic heterocycles. The lowest BCUT2D eigenvalue weighted by molar-refractivity contribution is 0.401. The minimum absolute atomic E-state index is 0.252. The van der Waals surface area contributed by atoms with Crippen LogP contribution in [0, 0.1) is 17.8 Å². The fourth-order valence-corrected chi connectivity index (χ4v) is 3.74. The second-order valence-electron chi connectivity index (χ2n) is 5.71. The molecule has 2 rings (SSSR count). The summed E-state index contributed by atoms with van der Waals surface area (Å²) in [6.07, 6.45) is 5.93. The Morgan fingerprint density at radius 1 is 1.17 bits per heavy atom. The molecular weight excluding hydrogens is 248 g/mol. The molecule has 0 amide bonds. The first-order valence-corrected chi connectivity index (χ1v) is 8.95. The van der Waals surface area contributed by atoms with E-state index in [-0.39, 0.29) is 5.75 Å². The minimum Gasteiger partial charge on any atom is -0.317 e. The van der Waals surface area contributed by atoms with Gasteiger partial charge in [-0.2, -0.15) is 0 Å². The quantitative estimate of drug-likeness (QED) is 0.591. The molecule has 2 aliphatic carbocycles. The van der Waals surface area contributed by atoms with Crippen LogP contribution in [-0.2, 0) is 10.0 Å². The molecule has 0 aromatic carbocycles. The maximum absolute atomic E-state index is 11.8. The predicted molar refractivity (Wildman–Crippen MR) is 73.9 cm³/mol. The smallest absolute Gasteiger partial charge is 0.211 e. The van der Waals surface area contributed by atoms with E-state index in [4.69, 9.17) is 0 Å². The highest BCUT2D eigenvalue weighted by molar-refractivity contribution is 7.89. The van der Waals surface area contributed by atoms with Gasteiger partial charge in [-0.1, -0.05) is 6.92 Å². The Kier molecular flexibility index (Phi) is 5.04. The van der Waals surface area contributed by atoms with Crippen LogP contribution >= 0.6 is 0 Å². The summed E-state index contributed by atoms with van der Waals surface area (Å²) in [6.45, 7) is 4.40. The molecule has 0 saturated heterocycles. The zero-order chi connectivity index (χ0) is 13.0. The maximum Gasteiger partial charge on any atom is 0.211 e. The van der Waals surface area contributed by atoms with Gasteiger partial charge in [-0.15, -0.1) is 0 Å². The van der Waals surface area contributed by atoms with Crippen molar-refractivity contribution in [1.82, 2.24) is 10.0 Å². The first-order chi connectivity index (χ1) is 8.62. The lowest BCUT2D eigenvalue weighted by Crippen LogP contribution is -2.33. The summed E-state index contributed by atoms with van der Waals surface area (Å²) in [5, 5.41) is 3.15. The molecule has 5 heteroatoms. The molecule has 0 aliphatic heterocycles. The van der Waals surface area contributed by atoms with E-state index in [0.29, 0.717) is 18.9 Å². The standard InChI is InChI=1S/C13H26N2O2S/c1-2-14-8-3-9-18(16,17)15-10-13(11-4-5-11)12-6-7-12/h11-15H,2-10H2,1H3. The minimum atomic E-state index is -3.06. The first-order valence-electron chi connectivity index (χ1n) is 7.30. The highest BCUT2D eigenvalue weighted by Crippen LogP contribution is 2.48. The van der Waals surface area contributed by atoms with E-state index in [9.17, 15) is 8.42 Å². The van der Waals surface area contributed by atoms with Gasteiger partial charge in [0.15, 0.2) is 0 Å².